The number of hydrogen-bond donors (Lipinski definition) is 1. The molecule has 134 valence electrons. The lowest BCUT2D eigenvalue weighted by molar-refractivity contribution is -0.119. The van der Waals surface area contributed by atoms with Gasteiger partial charge in [-0.15, -0.1) is 0 Å². The first-order valence-corrected chi connectivity index (χ1v) is 8.64. The predicted octanol–water partition coefficient (Wildman–Crippen LogP) is 0.0804. The molecular weight excluding hydrogens is 292 g/mol. The van der Waals surface area contributed by atoms with Crippen molar-refractivity contribution in [2.75, 3.05) is 59.4 Å². The smallest absolute Gasteiger partial charge is 0.143 e. The molecular formula is C17H34N4O2. The average molecular weight is 326 g/mol. The van der Waals surface area contributed by atoms with Crippen molar-refractivity contribution < 1.29 is 9.59 Å². The maximum absolute atomic E-state index is 10.9. The number of nitrogens with zero attached hydrogens (tertiary/aromatic N) is 3. The molecule has 0 bridgehead atoms. The molecule has 2 saturated heterocycles. The van der Waals surface area contributed by atoms with Crippen LogP contribution in [0.3, 0.4) is 0 Å². The van der Waals surface area contributed by atoms with Crippen molar-refractivity contribution >= 4 is 11.6 Å². The lowest BCUT2D eigenvalue weighted by Crippen LogP contribution is -2.54. The number of Topliss-reactive ketones (excluding diaryl/α,β-unsaturated/α-hetero) is 2. The Kier molecular flexibility index (Phi) is 8.91. The second-order valence-corrected chi connectivity index (χ2v) is 7.15. The van der Waals surface area contributed by atoms with Gasteiger partial charge in [-0.3, -0.25) is 19.4 Å². The van der Waals surface area contributed by atoms with Crippen LogP contribution < -0.4 is 5.32 Å². The summed E-state index contributed by atoms with van der Waals surface area (Å²) in [7, 11) is 2.12. The fourth-order valence-electron chi connectivity index (χ4n) is 3.21. The highest BCUT2D eigenvalue weighted by Crippen LogP contribution is 2.03. The van der Waals surface area contributed by atoms with E-state index in [-0.39, 0.29) is 11.6 Å². The second-order valence-electron chi connectivity index (χ2n) is 7.15. The second kappa shape index (κ2) is 10.1. The third-order valence-corrected chi connectivity index (χ3v) is 4.12. The Labute approximate surface area is 141 Å². The van der Waals surface area contributed by atoms with Crippen LogP contribution in [0.5, 0.6) is 0 Å². The van der Waals surface area contributed by atoms with Gasteiger partial charge in [0.25, 0.3) is 0 Å². The Hall–Kier alpha value is -0.820. The van der Waals surface area contributed by atoms with Gasteiger partial charge in [0.15, 0.2) is 0 Å². The molecule has 0 aromatic heterocycles. The number of rotatable bonds is 4. The van der Waals surface area contributed by atoms with Gasteiger partial charge in [0.05, 0.1) is 13.1 Å². The van der Waals surface area contributed by atoms with E-state index in [2.05, 4.69) is 40.9 Å². The average Bonchev–Trinajstić information content (AvgIpc) is 2.39. The van der Waals surface area contributed by atoms with Crippen molar-refractivity contribution in [3.63, 3.8) is 0 Å². The summed E-state index contributed by atoms with van der Waals surface area (Å²) in [5.41, 5.74) is 0. The number of ketones is 2. The van der Waals surface area contributed by atoms with E-state index < -0.39 is 0 Å². The maximum atomic E-state index is 10.9. The molecule has 2 heterocycles. The molecule has 2 fully saturated rings. The van der Waals surface area contributed by atoms with E-state index >= 15 is 0 Å². The molecule has 0 spiro atoms. The molecule has 2 aliphatic rings. The third-order valence-electron chi connectivity index (χ3n) is 4.12. The maximum Gasteiger partial charge on any atom is 0.143 e. The van der Waals surface area contributed by atoms with E-state index in [1.165, 1.54) is 0 Å². The molecule has 0 aromatic carbocycles. The number of piperazine rings is 2. The summed E-state index contributed by atoms with van der Waals surface area (Å²) < 4.78 is 0. The summed E-state index contributed by atoms with van der Waals surface area (Å²) in [5, 5.41) is 3.43. The van der Waals surface area contributed by atoms with Crippen LogP contribution in [0.25, 0.3) is 0 Å². The first-order chi connectivity index (χ1) is 10.8. The minimum absolute atomic E-state index is 0.260. The quantitative estimate of drug-likeness (QED) is 0.790. The van der Waals surface area contributed by atoms with Gasteiger partial charge in [0.1, 0.15) is 11.6 Å². The van der Waals surface area contributed by atoms with E-state index in [9.17, 15) is 9.59 Å². The van der Waals surface area contributed by atoms with Crippen LogP contribution in [0.15, 0.2) is 0 Å². The van der Waals surface area contributed by atoms with Crippen molar-refractivity contribution in [1.29, 1.82) is 0 Å². The van der Waals surface area contributed by atoms with E-state index in [0.717, 1.165) is 39.3 Å². The zero-order valence-electron chi connectivity index (χ0n) is 15.5. The molecule has 2 rings (SSSR count). The lowest BCUT2D eigenvalue weighted by Gasteiger charge is -2.35. The zero-order chi connectivity index (χ0) is 17.4. The van der Waals surface area contributed by atoms with Crippen LogP contribution in [0.1, 0.15) is 27.7 Å². The predicted molar refractivity (Wildman–Crippen MR) is 93.8 cm³/mol. The van der Waals surface area contributed by atoms with Crippen molar-refractivity contribution in [3.05, 3.63) is 0 Å². The first kappa shape index (κ1) is 20.2. The Morgan fingerprint density at radius 3 is 1.74 bits per heavy atom. The summed E-state index contributed by atoms with van der Waals surface area (Å²) in [4.78, 5) is 28.3. The van der Waals surface area contributed by atoms with Gasteiger partial charge < -0.3 is 10.2 Å². The standard InChI is InChI=1S/C9H18N2O.C8H16N2O/c1-7-4-11(6-9(3)12)5-8(2)10-7;1-8(11)7-10-5-3-9(2)4-6-10/h7-8,10H,4-6H2,1-3H3;3-7H2,1-2H3. The summed E-state index contributed by atoms with van der Waals surface area (Å²) in [6.45, 7) is 15.1. The molecule has 2 atom stereocenters. The van der Waals surface area contributed by atoms with E-state index in [1.54, 1.807) is 13.8 Å². The van der Waals surface area contributed by atoms with Crippen LogP contribution in [0.2, 0.25) is 0 Å². The Morgan fingerprint density at radius 2 is 1.30 bits per heavy atom. The van der Waals surface area contributed by atoms with Gasteiger partial charge in [-0.05, 0) is 34.7 Å². The van der Waals surface area contributed by atoms with E-state index in [0.29, 0.717) is 25.2 Å². The van der Waals surface area contributed by atoms with Gasteiger partial charge in [0.2, 0.25) is 0 Å². The summed E-state index contributed by atoms with van der Waals surface area (Å²) in [6.07, 6.45) is 0. The summed E-state index contributed by atoms with van der Waals surface area (Å²) in [5.74, 6) is 0.533. The Balaban J connectivity index is 0.000000231. The Morgan fingerprint density at radius 1 is 0.870 bits per heavy atom. The topological polar surface area (TPSA) is 55.9 Å². The van der Waals surface area contributed by atoms with E-state index in [1.807, 2.05) is 0 Å². The zero-order valence-corrected chi connectivity index (χ0v) is 15.5. The lowest BCUT2D eigenvalue weighted by atomic mass is 10.1. The van der Waals surface area contributed by atoms with Gasteiger partial charge in [-0.1, -0.05) is 0 Å². The molecule has 0 radical (unpaired) electrons. The van der Waals surface area contributed by atoms with Crippen molar-refractivity contribution in [2.45, 2.75) is 39.8 Å². The molecule has 2 unspecified atom stereocenters. The van der Waals surface area contributed by atoms with Gasteiger partial charge >= 0.3 is 0 Å². The molecule has 0 saturated carbocycles. The van der Waals surface area contributed by atoms with Gasteiger partial charge in [0, 0.05) is 51.4 Å². The van der Waals surface area contributed by atoms with Crippen LogP contribution in [0, 0.1) is 0 Å². The molecule has 2 aliphatic heterocycles. The largest absolute Gasteiger partial charge is 0.309 e. The van der Waals surface area contributed by atoms with Gasteiger partial charge in [-0.2, -0.15) is 0 Å². The number of nitrogens with one attached hydrogen (secondary N) is 1. The van der Waals surface area contributed by atoms with Crippen LogP contribution in [-0.4, -0.2) is 97.8 Å². The van der Waals surface area contributed by atoms with Crippen molar-refractivity contribution in [2.24, 2.45) is 0 Å². The SMILES string of the molecule is CC(=O)CN1CC(C)NC(C)C1.CC(=O)CN1CCN(C)CC1. The van der Waals surface area contributed by atoms with Crippen molar-refractivity contribution in [3.8, 4) is 0 Å². The number of carbonyl (C=O) groups excluding carboxylic acids is 2. The monoisotopic (exact) mass is 326 g/mol. The third kappa shape index (κ3) is 9.15. The highest BCUT2D eigenvalue weighted by Gasteiger charge is 2.21. The molecule has 23 heavy (non-hydrogen) atoms. The number of hydrogen-bond acceptors (Lipinski definition) is 6. The molecule has 0 aliphatic carbocycles. The fourth-order valence-corrected chi connectivity index (χ4v) is 3.21. The highest BCUT2D eigenvalue weighted by atomic mass is 16.1. The minimum atomic E-state index is 0.260. The van der Waals surface area contributed by atoms with Crippen molar-refractivity contribution in [1.82, 2.24) is 20.0 Å². The fraction of sp³-hybridized carbons (Fsp3) is 0.882. The summed E-state index contributed by atoms with van der Waals surface area (Å²) in [6, 6.07) is 1.01. The molecule has 0 aromatic rings. The number of likely N-dealkylation sites (N-methyl/N-ethyl adjacent to an activating group) is 1. The molecule has 6 heteroatoms. The molecule has 0 amide bonds. The first-order valence-electron chi connectivity index (χ1n) is 8.64. The highest BCUT2D eigenvalue weighted by molar-refractivity contribution is 5.77. The minimum Gasteiger partial charge on any atom is -0.309 e. The van der Waals surface area contributed by atoms with Gasteiger partial charge in [-0.25, -0.2) is 0 Å². The Bertz CT molecular complexity index is 371. The normalized spacial score (nSPS) is 27.2. The van der Waals surface area contributed by atoms with Crippen LogP contribution >= 0.6 is 0 Å². The summed E-state index contributed by atoms with van der Waals surface area (Å²) >= 11 is 0. The van der Waals surface area contributed by atoms with E-state index in [4.69, 9.17) is 0 Å². The molecule has 6 nitrogen and oxygen atoms in total. The van der Waals surface area contributed by atoms with Crippen LogP contribution in [-0.2, 0) is 9.59 Å². The number of carbonyl (C=O) groups is 2. The van der Waals surface area contributed by atoms with Crippen LogP contribution in [0.4, 0.5) is 0 Å². The molecule has 1 N–H and O–H groups in total.